The van der Waals surface area contributed by atoms with Crippen molar-refractivity contribution in [3.8, 4) is 0 Å². The molecule has 0 bridgehead atoms. The Hall–Kier alpha value is -0.900. The summed E-state index contributed by atoms with van der Waals surface area (Å²) in [6, 6.07) is 11.5. The molecule has 3 nitrogen and oxygen atoms in total. The zero-order chi connectivity index (χ0) is 15.5. The lowest BCUT2D eigenvalue weighted by Gasteiger charge is -2.32. The number of piperidine rings is 2. The summed E-state index contributed by atoms with van der Waals surface area (Å²) in [5.41, 5.74) is 1.43. The van der Waals surface area contributed by atoms with Crippen molar-refractivity contribution in [3.63, 3.8) is 0 Å². The predicted octanol–water partition coefficient (Wildman–Crippen LogP) is 3.02. The van der Waals surface area contributed by atoms with E-state index in [1.807, 2.05) is 0 Å². The van der Waals surface area contributed by atoms with Gasteiger partial charge in [-0.3, -0.25) is 4.90 Å². The third kappa shape index (κ3) is 6.91. The summed E-state index contributed by atoms with van der Waals surface area (Å²) in [5, 5.41) is 6.83. The molecule has 0 unspecified atom stereocenters. The number of likely N-dealkylation sites (tertiary alicyclic amines) is 1. The van der Waals surface area contributed by atoms with Gasteiger partial charge in [-0.1, -0.05) is 43.7 Å². The molecule has 2 saturated heterocycles. The van der Waals surface area contributed by atoms with Crippen molar-refractivity contribution >= 4 is 0 Å². The highest BCUT2D eigenvalue weighted by Gasteiger charge is 2.17. The van der Waals surface area contributed by atoms with Crippen LogP contribution in [-0.2, 0) is 6.54 Å². The van der Waals surface area contributed by atoms with Crippen molar-refractivity contribution in [2.24, 2.45) is 0 Å². The molecule has 0 atom stereocenters. The van der Waals surface area contributed by atoms with Crippen molar-refractivity contribution in [3.05, 3.63) is 35.9 Å². The molecule has 0 radical (unpaired) electrons. The summed E-state index contributed by atoms with van der Waals surface area (Å²) >= 11 is 0. The molecule has 1 aromatic rings. The summed E-state index contributed by atoms with van der Waals surface area (Å²) in [5.74, 6) is 0. The fourth-order valence-electron chi connectivity index (χ4n) is 3.23. The van der Waals surface area contributed by atoms with Crippen molar-refractivity contribution in [2.75, 3.05) is 32.7 Å². The average Bonchev–Trinajstić information content (AvgIpc) is 2.60. The predicted molar refractivity (Wildman–Crippen MR) is 95.1 cm³/mol. The van der Waals surface area contributed by atoms with Crippen LogP contribution in [0.3, 0.4) is 0 Å². The van der Waals surface area contributed by atoms with E-state index < -0.39 is 0 Å². The molecule has 2 fully saturated rings. The number of nitrogens with one attached hydrogen (secondary N) is 2. The van der Waals surface area contributed by atoms with Crippen LogP contribution in [0.1, 0.15) is 44.6 Å². The summed E-state index contributed by atoms with van der Waals surface area (Å²) in [6.07, 6.45) is 6.80. The van der Waals surface area contributed by atoms with Gasteiger partial charge in [0.2, 0.25) is 0 Å². The maximum absolute atomic E-state index is 3.54. The molecule has 2 N–H and O–H groups in total. The van der Waals surface area contributed by atoms with Gasteiger partial charge in [-0.25, -0.2) is 0 Å². The Morgan fingerprint density at radius 3 is 2.23 bits per heavy atom. The molecule has 0 aliphatic carbocycles. The minimum absolute atomic E-state index is 0.747. The molecular weight excluding hydrogens is 270 g/mol. The van der Waals surface area contributed by atoms with E-state index >= 15 is 0 Å². The first-order chi connectivity index (χ1) is 10.9. The normalized spacial score (nSPS) is 20.2. The van der Waals surface area contributed by atoms with E-state index in [-0.39, 0.29) is 0 Å². The van der Waals surface area contributed by atoms with Crippen molar-refractivity contribution in [2.45, 2.75) is 51.6 Å². The number of hydrogen-bond acceptors (Lipinski definition) is 3. The van der Waals surface area contributed by atoms with Gasteiger partial charge in [0.1, 0.15) is 0 Å². The maximum atomic E-state index is 3.54. The van der Waals surface area contributed by atoms with Crippen LogP contribution in [0.5, 0.6) is 0 Å². The summed E-state index contributed by atoms with van der Waals surface area (Å²) in [4.78, 5) is 2.56. The first-order valence-corrected chi connectivity index (χ1v) is 9.09. The smallest absolute Gasteiger partial charge is 0.0233 e. The molecule has 124 valence electrons. The van der Waals surface area contributed by atoms with Gasteiger partial charge in [0.15, 0.2) is 0 Å². The molecule has 3 rings (SSSR count). The van der Waals surface area contributed by atoms with Gasteiger partial charge in [-0.05, 0) is 64.0 Å². The van der Waals surface area contributed by atoms with E-state index in [9.17, 15) is 0 Å². The number of hydrogen-bond donors (Lipinski definition) is 2. The van der Waals surface area contributed by atoms with E-state index in [1.54, 1.807) is 0 Å². The molecule has 0 spiro atoms. The molecule has 1 aromatic carbocycles. The van der Waals surface area contributed by atoms with E-state index in [0.29, 0.717) is 0 Å². The lowest BCUT2D eigenvalue weighted by Crippen LogP contribution is -2.42. The fraction of sp³-hybridized carbons (Fsp3) is 0.684. The highest BCUT2D eigenvalue weighted by molar-refractivity contribution is 5.14. The maximum Gasteiger partial charge on any atom is 0.0233 e. The van der Waals surface area contributed by atoms with Gasteiger partial charge in [-0.2, -0.15) is 0 Å². The Morgan fingerprint density at radius 1 is 1.05 bits per heavy atom. The molecule has 2 heterocycles. The number of rotatable bonds is 4. The molecule has 0 saturated carbocycles. The number of benzene rings is 1. The van der Waals surface area contributed by atoms with E-state index in [2.05, 4.69) is 52.8 Å². The quantitative estimate of drug-likeness (QED) is 0.895. The van der Waals surface area contributed by atoms with Crippen LogP contribution in [-0.4, -0.2) is 43.7 Å². The number of nitrogens with zero attached hydrogens (tertiary/aromatic N) is 1. The summed E-state index contributed by atoms with van der Waals surface area (Å²) in [7, 11) is 0. The summed E-state index contributed by atoms with van der Waals surface area (Å²) < 4.78 is 0. The first kappa shape index (κ1) is 17.5. The van der Waals surface area contributed by atoms with Crippen LogP contribution in [0, 0.1) is 0 Å². The first-order valence-electron chi connectivity index (χ1n) is 9.09. The van der Waals surface area contributed by atoms with Gasteiger partial charge >= 0.3 is 0 Å². The topological polar surface area (TPSA) is 27.3 Å². The average molecular weight is 303 g/mol. The molecule has 2 aliphatic rings. The fourth-order valence-corrected chi connectivity index (χ4v) is 3.23. The van der Waals surface area contributed by atoms with Crippen LogP contribution in [0.4, 0.5) is 0 Å². The monoisotopic (exact) mass is 303 g/mol. The Bertz CT molecular complexity index is 356. The Balaban J connectivity index is 0.000000246. The summed E-state index contributed by atoms with van der Waals surface area (Å²) in [6.45, 7) is 9.36. The zero-order valence-corrected chi connectivity index (χ0v) is 14.2. The van der Waals surface area contributed by atoms with Crippen LogP contribution < -0.4 is 10.6 Å². The molecule has 0 amide bonds. The van der Waals surface area contributed by atoms with Gasteiger partial charge in [0, 0.05) is 12.6 Å². The van der Waals surface area contributed by atoms with Crippen molar-refractivity contribution in [1.29, 1.82) is 0 Å². The molecule has 2 aliphatic heterocycles. The third-order valence-corrected chi connectivity index (χ3v) is 4.54. The Labute approximate surface area is 136 Å². The second-order valence-electron chi connectivity index (χ2n) is 6.40. The minimum atomic E-state index is 0.747. The standard InChI is InChI=1S/C14H22N2.C5H11N/c1-2-15-14-8-10-16(11-9-14)12-13-6-4-3-5-7-13;1-2-4-6-5-3-1/h3-7,14-15H,2,8-12H2,1H3;6H,1-5H2. The van der Waals surface area contributed by atoms with Gasteiger partial charge in [0.25, 0.3) is 0 Å². The largest absolute Gasteiger partial charge is 0.317 e. The van der Waals surface area contributed by atoms with Gasteiger partial charge < -0.3 is 10.6 Å². The van der Waals surface area contributed by atoms with E-state index in [0.717, 1.165) is 19.1 Å². The SMILES string of the molecule is C1CCNCC1.CCNC1CCN(Cc2ccccc2)CC1. The highest BCUT2D eigenvalue weighted by Crippen LogP contribution is 2.13. The third-order valence-electron chi connectivity index (χ3n) is 4.54. The zero-order valence-electron chi connectivity index (χ0n) is 14.2. The van der Waals surface area contributed by atoms with Crippen molar-refractivity contribution < 1.29 is 0 Å². The lowest BCUT2D eigenvalue weighted by atomic mass is 10.0. The second kappa shape index (κ2) is 10.8. The van der Waals surface area contributed by atoms with Crippen LogP contribution in [0.15, 0.2) is 30.3 Å². The van der Waals surface area contributed by atoms with Crippen LogP contribution in [0.2, 0.25) is 0 Å². The van der Waals surface area contributed by atoms with Crippen LogP contribution in [0.25, 0.3) is 0 Å². The minimum Gasteiger partial charge on any atom is -0.317 e. The van der Waals surface area contributed by atoms with Crippen LogP contribution >= 0.6 is 0 Å². The molecular formula is C19H33N3. The lowest BCUT2D eigenvalue weighted by molar-refractivity contribution is 0.192. The second-order valence-corrected chi connectivity index (χ2v) is 6.40. The van der Waals surface area contributed by atoms with E-state index in [4.69, 9.17) is 0 Å². The highest BCUT2D eigenvalue weighted by atomic mass is 15.1. The Morgan fingerprint density at radius 2 is 1.73 bits per heavy atom. The Kier molecular flexibility index (Phi) is 8.54. The molecule has 0 aromatic heterocycles. The van der Waals surface area contributed by atoms with Crippen molar-refractivity contribution in [1.82, 2.24) is 15.5 Å². The van der Waals surface area contributed by atoms with Gasteiger partial charge in [0.05, 0.1) is 0 Å². The van der Waals surface area contributed by atoms with E-state index in [1.165, 1.54) is 63.8 Å². The molecule has 22 heavy (non-hydrogen) atoms. The molecule has 3 heteroatoms. The van der Waals surface area contributed by atoms with Gasteiger partial charge in [-0.15, -0.1) is 0 Å².